The molecular weight excluding hydrogens is 409 g/mol. The zero-order valence-corrected chi connectivity index (χ0v) is 19.4. The van der Waals surface area contributed by atoms with E-state index in [0.29, 0.717) is 32.2 Å². The van der Waals surface area contributed by atoms with E-state index in [1.54, 1.807) is 6.33 Å². The number of hydrogen-bond acceptors (Lipinski definition) is 5. The molecule has 1 aromatic carbocycles. The Morgan fingerprint density at radius 1 is 1.19 bits per heavy atom. The van der Waals surface area contributed by atoms with Crippen LogP contribution in [0.15, 0.2) is 35.6 Å². The van der Waals surface area contributed by atoms with E-state index >= 15 is 0 Å². The van der Waals surface area contributed by atoms with E-state index in [4.69, 9.17) is 9.73 Å². The van der Waals surface area contributed by atoms with Crippen molar-refractivity contribution in [3.05, 3.63) is 47.8 Å². The molecule has 1 aliphatic heterocycles. The van der Waals surface area contributed by atoms with E-state index in [9.17, 15) is 4.39 Å². The highest BCUT2D eigenvalue weighted by Gasteiger charge is 2.23. The molecular formula is C23H36FN7O. The zero-order valence-electron chi connectivity index (χ0n) is 19.4. The Morgan fingerprint density at radius 2 is 1.94 bits per heavy atom. The minimum atomic E-state index is -0.219. The summed E-state index contributed by atoms with van der Waals surface area (Å²) in [5.41, 5.74) is 1.08. The van der Waals surface area contributed by atoms with Crippen LogP contribution in [0.2, 0.25) is 0 Å². The molecule has 0 radical (unpaired) electrons. The Bertz CT molecular complexity index is 831. The van der Waals surface area contributed by atoms with Gasteiger partial charge in [0, 0.05) is 45.7 Å². The average molecular weight is 446 g/mol. The summed E-state index contributed by atoms with van der Waals surface area (Å²) >= 11 is 0. The quantitative estimate of drug-likeness (QED) is 0.431. The first kappa shape index (κ1) is 24.1. The number of rotatable bonds is 10. The van der Waals surface area contributed by atoms with Crippen molar-refractivity contribution in [2.24, 2.45) is 10.9 Å². The third kappa shape index (κ3) is 7.27. The fourth-order valence-electron chi connectivity index (χ4n) is 3.71. The molecule has 0 aliphatic carbocycles. The highest BCUT2D eigenvalue weighted by molar-refractivity contribution is 5.79. The van der Waals surface area contributed by atoms with Gasteiger partial charge in [-0.05, 0) is 23.6 Å². The van der Waals surface area contributed by atoms with Crippen molar-refractivity contribution < 1.29 is 9.13 Å². The van der Waals surface area contributed by atoms with Crippen molar-refractivity contribution >= 4 is 5.96 Å². The molecule has 2 N–H and O–H groups in total. The van der Waals surface area contributed by atoms with Gasteiger partial charge >= 0.3 is 0 Å². The normalized spacial score (nSPS) is 16.3. The van der Waals surface area contributed by atoms with Gasteiger partial charge in [0.25, 0.3) is 0 Å². The van der Waals surface area contributed by atoms with Crippen molar-refractivity contribution in [1.82, 2.24) is 30.3 Å². The highest BCUT2D eigenvalue weighted by atomic mass is 19.1. The molecule has 0 saturated carbocycles. The predicted octanol–water partition coefficient (Wildman–Crippen LogP) is 2.24. The number of aromatic nitrogens is 3. The molecule has 32 heavy (non-hydrogen) atoms. The second-order valence-corrected chi connectivity index (χ2v) is 8.40. The Hall–Kier alpha value is -2.52. The number of aryl methyl sites for hydroxylation is 1. The Morgan fingerprint density at radius 3 is 2.62 bits per heavy atom. The fourth-order valence-corrected chi connectivity index (χ4v) is 3.71. The van der Waals surface area contributed by atoms with E-state index in [2.05, 4.69) is 51.1 Å². The lowest BCUT2D eigenvalue weighted by molar-refractivity contribution is 0.0170. The summed E-state index contributed by atoms with van der Waals surface area (Å²) in [6.07, 6.45) is 2.62. The first-order chi connectivity index (χ1) is 15.6. The van der Waals surface area contributed by atoms with Crippen LogP contribution in [-0.2, 0) is 17.7 Å². The molecule has 8 nitrogen and oxygen atoms in total. The Balaban J connectivity index is 1.65. The van der Waals surface area contributed by atoms with Crippen LogP contribution in [0.25, 0.3) is 0 Å². The molecule has 2 aromatic rings. The first-order valence-electron chi connectivity index (χ1n) is 11.5. The van der Waals surface area contributed by atoms with Crippen LogP contribution in [0.3, 0.4) is 0 Å². The Kier molecular flexibility index (Phi) is 9.43. The lowest BCUT2D eigenvalue weighted by atomic mass is 10.0. The molecule has 9 heteroatoms. The van der Waals surface area contributed by atoms with Crippen molar-refractivity contribution in [3.63, 3.8) is 0 Å². The topological polar surface area (TPSA) is 79.6 Å². The molecule has 2 heterocycles. The summed E-state index contributed by atoms with van der Waals surface area (Å²) in [5, 5.41) is 15.1. The largest absolute Gasteiger partial charge is 0.379 e. The number of benzene rings is 1. The molecule has 0 spiro atoms. The first-order valence-corrected chi connectivity index (χ1v) is 11.5. The molecule has 3 rings (SSSR count). The molecule has 1 aliphatic rings. The van der Waals surface area contributed by atoms with Gasteiger partial charge in [-0.3, -0.25) is 9.89 Å². The number of hydrogen-bond donors (Lipinski definition) is 2. The van der Waals surface area contributed by atoms with Gasteiger partial charge in [0.1, 0.15) is 18.0 Å². The number of halogens is 1. The third-order valence-corrected chi connectivity index (χ3v) is 5.48. The average Bonchev–Trinajstić information content (AvgIpc) is 3.26. The lowest BCUT2D eigenvalue weighted by Gasteiger charge is -2.35. The Labute approximate surface area is 190 Å². The molecule has 1 fully saturated rings. The maximum Gasteiger partial charge on any atom is 0.191 e. The fraction of sp³-hybridized carbons (Fsp3) is 0.609. The molecule has 1 unspecified atom stereocenters. The van der Waals surface area contributed by atoms with Crippen molar-refractivity contribution in [2.75, 3.05) is 45.9 Å². The van der Waals surface area contributed by atoms with Crippen LogP contribution in [-0.4, -0.2) is 71.6 Å². The minimum absolute atomic E-state index is 0.107. The molecule has 176 valence electrons. The van der Waals surface area contributed by atoms with Gasteiger partial charge in [0.2, 0.25) is 0 Å². The van der Waals surface area contributed by atoms with Gasteiger partial charge in [-0.15, -0.1) is 10.2 Å². The predicted molar refractivity (Wildman–Crippen MR) is 124 cm³/mol. The summed E-state index contributed by atoms with van der Waals surface area (Å²) in [6, 6.07) is 6.90. The highest BCUT2D eigenvalue weighted by Crippen LogP contribution is 2.21. The van der Waals surface area contributed by atoms with Gasteiger partial charge in [0.15, 0.2) is 5.96 Å². The number of ether oxygens (including phenoxy) is 1. The third-order valence-electron chi connectivity index (χ3n) is 5.48. The van der Waals surface area contributed by atoms with E-state index in [0.717, 1.165) is 49.9 Å². The monoisotopic (exact) mass is 445 g/mol. The van der Waals surface area contributed by atoms with E-state index < -0.39 is 0 Å². The van der Waals surface area contributed by atoms with Crippen LogP contribution in [0, 0.1) is 11.7 Å². The minimum Gasteiger partial charge on any atom is -0.379 e. The number of nitrogens with zero attached hydrogens (tertiary/aromatic N) is 5. The smallest absolute Gasteiger partial charge is 0.191 e. The number of morpholine rings is 1. The second-order valence-electron chi connectivity index (χ2n) is 8.40. The number of guanidine groups is 1. The lowest BCUT2D eigenvalue weighted by Crippen LogP contribution is -2.46. The van der Waals surface area contributed by atoms with Crippen LogP contribution >= 0.6 is 0 Å². The molecule has 1 saturated heterocycles. The number of aliphatic imine (C=N–C) groups is 1. The van der Waals surface area contributed by atoms with Gasteiger partial charge in [-0.2, -0.15) is 0 Å². The molecule has 0 bridgehead atoms. The van der Waals surface area contributed by atoms with Gasteiger partial charge in [-0.25, -0.2) is 4.39 Å². The SMILES string of the molecule is CCc1nncn1CCNC(=NCC(C)C)NCC(c1ccc(F)cc1)N1CCOCC1. The zero-order chi connectivity index (χ0) is 22.8. The van der Waals surface area contributed by atoms with Crippen molar-refractivity contribution in [1.29, 1.82) is 0 Å². The van der Waals surface area contributed by atoms with Crippen LogP contribution in [0.1, 0.15) is 38.2 Å². The van der Waals surface area contributed by atoms with Gasteiger partial charge in [-0.1, -0.05) is 32.9 Å². The maximum absolute atomic E-state index is 13.5. The van der Waals surface area contributed by atoms with Crippen molar-refractivity contribution in [2.45, 2.75) is 39.8 Å². The molecule has 1 atom stereocenters. The van der Waals surface area contributed by atoms with Gasteiger partial charge < -0.3 is 19.9 Å². The van der Waals surface area contributed by atoms with Crippen LogP contribution in [0.5, 0.6) is 0 Å². The summed E-state index contributed by atoms with van der Waals surface area (Å²) < 4.78 is 21.1. The second kappa shape index (κ2) is 12.5. The summed E-state index contributed by atoms with van der Waals surface area (Å²) in [7, 11) is 0. The van der Waals surface area contributed by atoms with E-state index in [1.807, 2.05) is 12.1 Å². The standard InChI is InChI=1S/C23H36FN7O/c1-4-22-29-28-17-31(22)10-9-25-23(26-15-18(2)3)27-16-21(30-11-13-32-14-12-30)19-5-7-20(24)8-6-19/h5-8,17-18,21H,4,9-16H2,1-3H3,(H2,25,26,27). The van der Waals surface area contributed by atoms with E-state index in [1.165, 1.54) is 12.1 Å². The van der Waals surface area contributed by atoms with Crippen LogP contribution in [0.4, 0.5) is 4.39 Å². The summed E-state index contributed by atoms with van der Waals surface area (Å²) in [4.78, 5) is 7.14. The summed E-state index contributed by atoms with van der Waals surface area (Å²) in [5.74, 6) is 2.00. The number of nitrogens with one attached hydrogen (secondary N) is 2. The van der Waals surface area contributed by atoms with Crippen molar-refractivity contribution in [3.8, 4) is 0 Å². The molecule has 0 amide bonds. The van der Waals surface area contributed by atoms with Crippen LogP contribution < -0.4 is 10.6 Å². The van der Waals surface area contributed by atoms with Gasteiger partial charge in [0.05, 0.1) is 19.3 Å². The molecule has 1 aromatic heterocycles. The van der Waals surface area contributed by atoms with E-state index in [-0.39, 0.29) is 11.9 Å². The maximum atomic E-state index is 13.5. The summed E-state index contributed by atoms with van der Waals surface area (Å²) in [6.45, 7) is 12.4.